The van der Waals surface area contributed by atoms with Crippen molar-refractivity contribution in [1.82, 2.24) is 10.2 Å². The molecule has 0 saturated carbocycles. The largest absolute Gasteiger partial charge is 0.484 e. The van der Waals surface area contributed by atoms with Gasteiger partial charge >= 0.3 is 0 Å². The van der Waals surface area contributed by atoms with Gasteiger partial charge in [0.2, 0.25) is 5.91 Å². The number of piperidine rings is 1. The highest BCUT2D eigenvalue weighted by molar-refractivity contribution is 5.96. The van der Waals surface area contributed by atoms with Crippen LogP contribution in [0.3, 0.4) is 0 Å². The van der Waals surface area contributed by atoms with Crippen molar-refractivity contribution >= 4 is 23.4 Å². The molecular formula is C22H25N3O4. The summed E-state index contributed by atoms with van der Waals surface area (Å²) in [6.45, 7) is 1.06. The van der Waals surface area contributed by atoms with E-state index in [0.29, 0.717) is 42.9 Å². The van der Waals surface area contributed by atoms with Crippen LogP contribution in [0.2, 0.25) is 0 Å². The van der Waals surface area contributed by atoms with E-state index < -0.39 is 0 Å². The molecule has 3 rings (SSSR count). The molecule has 29 heavy (non-hydrogen) atoms. The molecule has 1 saturated heterocycles. The number of nitrogens with one attached hydrogen (secondary N) is 2. The highest BCUT2D eigenvalue weighted by Gasteiger charge is 2.27. The molecule has 0 bridgehead atoms. The Bertz CT molecular complexity index is 844. The Kier molecular flexibility index (Phi) is 6.84. The number of hydrogen-bond donors (Lipinski definition) is 2. The van der Waals surface area contributed by atoms with Crippen LogP contribution in [0.1, 0.15) is 23.2 Å². The minimum Gasteiger partial charge on any atom is -0.484 e. The zero-order valence-corrected chi connectivity index (χ0v) is 16.4. The minimum absolute atomic E-state index is 0.00143. The fourth-order valence-electron chi connectivity index (χ4n) is 3.24. The quantitative estimate of drug-likeness (QED) is 0.786. The van der Waals surface area contributed by atoms with Crippen LogP contribution in [0.25, 0.3) is 0 Å². The number of amides is 3. The van der Waals surface area contributed by atoms with Gasteiger partial charge in [0.1, 0.15) is 5.75 Å². The molecule has 0 aliphatic carbocycles. The van der Waals surface area contributed by atoms with Gasteiger partial charge in [-0.3, -0.25) is 14.4 Å². The summed E-state index contributed by atoms with van der Waals surface area (Å²) in [7, 11) is 1.57. The molecule has 1 fully saturated rings. The van der Waals surface area contributed by atoms with Gasteiger partial charge in [0.25, 0.3) is 11.8 Å². The molecule has 2 aromatic carbocycles. The second-order valence-electron chi connectivity index (χ2n) is 6.90. The van der Waals surface area contributed by atoms with Gasteiger partial charge in [-0.05, 0) is 49.2 Å². The molecular weight excluding hydrogens is 370 g/mol. The molecule has 1 heterocycles. The highest BCUT2D eigenvalue weighted by atomic mass is 16.5. The van der Waals surface area contributed by atoms with E-state index in [0.717, 1.165) is 0 Å². The predicted molar refractivity (Wildman–Crippen MR) is 110 cm³/mol. The number of benzene rings is 2. The molecule has 0 aromatic heterocycles. The first-order valence-corrected chi connectivity index (χ1v) is 9.65. The third-order valence-electron chi connectivity index (χ3n) is 4.97. The SMILES string of the molecule is CNC(=O)c1ccc(NC(=O)C2CCN(C(=O)COc3ccccc3)CC2)cc1. The fraction of sp³-hybridized carbons (Fsp3) is 0.318. The van der Waals surface area contributed by atoms with Crippen molar-refractivity contribution in [1.29, 1.82) is 0 Å². The zero-order chi connectivity index (χ0) is 20.6. The van der Waals surface area contributed by atoms with Gasteiger partial charge < -0.3 is 20.3 Å². The molecule has 0 unspecified atom stereocenters. The number of likely N-dealkylation sites (tertiary alicyclic amines) is 1. The molecule has 1 aliphatic rings. The van der Waals surface area contributed by atoms with Crippen molar-refractivity contribution in [3.63, 3.8) is 0 Å². The van der Waals surface area contributed by atoms with Crippen LogP contribution in [0, 0.1) is 5.92 Å². The summed E-state index contributed by atoms with van der Waals surface area (Å²) in [4.78, 5) is 38.1. The normalized spacial score (nSPS) is 14.2. The Morgan fingerprint density at radius 2 is 1.66 bits per heavy atom. The molecule has 1 aliphatic heterocycles. The van der Waals surface area contributed by atoms with Gasteiger partial charge in [-0.2, -0.15) is 0 Å². The van der Waals surface area contributed by atoms with Crippen molar-refractivity contribution in [2.24, 2.45) is 5.92 Å². The Morgan fingerprint density at radius 1 is 1.00 bits per heavy atom. The highest BCUT2D eigenvalue weighted by Crippen LogP contribution is 2.20. The lowest BCUT2D eigenvalue weighted by atomic mass is 9.95. The third-order valence-corrected chi connectivity index (χ3v) is 4.97. The summed E-state index contributed by atoms with van der Waals surface area (Å²) < 4.78 is 5.51. The van der Waals surface area contributed by atoms with E-state index in [-0.39, 0.29) is 30.2 Å². The van der Waals surface area contributed by atoms with Crippen LogP contribution in [-0.4, -0.2) is 49.4 Å². The molecule has 0 radical (unpaired) electrons. The minimum atomic E-state index is -0.170. The first kappa shape index (κ1) is 20.4. The molecule has 152 valence electrons. The lowest BCUT2D eigenvalue weighted by Gasteiger charge is -2.31. The predicted octanol–water partition coefficient (Wildman–Crippen LogP) is 2.30. The maximum Gasteiger partial charge on any atom is 0.260 e. The van der Waals surface area contributed by atoms with Crippen LogP contribution in [0.5, 0.6) is 5.75 Å². The molecule has 7 nitrogen and oxygen atoms in total. The van der Waals surface area contributed by atoms with Gasteiger partial charge in [-0.25, -0.2) is 0 Å². The fourth-order valence-corrected chi connectivity index (χ4v) is 3.24. The van der Waals surface area contributed by atoms with E-state index in [1.807, 2.05) is 30.3 Å². The number of rotatable bonds is 6. The Hall–Kier alpha value is -3.35. The number of anilines is 1. The topological polar surface area (TPSA) is 87.7 Å². The van der Waals surface area contributed by atoms with E-state index in [4.69, 9.17) is 4.74 Å². The first-order chi connectivity index (χ1) is 14.1. The average molecular weight is 395 g/mol. The third kappa shape index (κ3) is 5.57. The lowest BCUT2D eigenvalue weighted by molar-refractivity contribution is -0.136. The summed E-state index contributed by atoms with van der Waals surface area (Å²) in [5.74, 6) is 0.212. The number of nitrogens with zero attached hydrogens (tertiary/aromatic N) is 1. The van der Waals surface area contributed by atoms with E-state index in [1.54, 1.807) is 36.2 Å². The van der Waals surface area contributed by atoms with Crippen molar-refractivity contribution in [3.8, 4) is 5.75 Å². The van der Waals surface area contributed by atoms with Crippen LogP contribution >= 0.6 is 0 Å². The smallest absolute Gasteiger partial charge is 0.260 e. The van der Waals surface area contributed by atoms with Crippen LogP contribution in [-0.2, 0) is 9.59 Å². The van der Waals surface area contributed by atoms with Gasteiger partial charge in [0, 0.05) is 37.3 Å². The molecule has 2 N–H and O–H groups in total. The second kappa shape index (κ2) is 9.73. The van der Waals surface area contributed by atoms with Gasteiger partial charge in [0.05, 0.1) is 0 Å². The van der Waals surface area contributed by atoms with E-state index in [2.05, 4.69) is 10.6 Å². The first-order valence-electron chi connectivity index (χ1n) is 9.65. The van der Waals surface area contributed by atoms with Crippen molar-refractivity contribution in [2.45, 2.75) is 12.8 Å². The summed E-state index contributed by atoms with van der Waals surface area (Å²) in [6, 6.07) is 16.0. The maximum atomic E-state index is 12.5. The summed E-state index contributed by atoms with van der Waals surface area (Å²) in [5, 5.41) is 5.44. The summed E-state index contributed by atoms with van der Waals surface area (Å²) in [5.41, 5.74) is 1.19. The zero-order valence-electron chi connectivity index (χ0n) is 16.4. The van der Waals surface area contributed by atoms with Crippen molar-refractivity contribution in [2.75, 3.05) is 32.1 Å². The Balaban J connectivity index is 1.44. The molecule has 7 heteroatoms. The summed E-state index contributed by atoms with van der Waals surface area (Å²) in [6.07, 6.45) is 1.22. The standard InChI is InChI=1S/C22H25N3O4/c1-23-21(27)16-7-9-18(10-8-16)24-22(28)17-11-13-25(14-12-17)20(26)15-29-19-5-3-2-4-6-19/h2-10,17H,11-15H2,1H3,(H,23,27)(H,24,28). The van der Waals surface area contributed by atoms with E-state index in [9.17, 15) is 14.4 Å². The number of carbonyl (C=O) groups is 3. The molecule has 3 amide bonds. The van der Waals surface area contributed by atoms with Crippen molar-refractivity contribution < 1.29 is 19.1 Å². The summed E-state index contributed by atoms with van der Waals surface area (Å²) >= 11 is 0. The maximum absolute atomic E-state index is 12.5. The Morgan fingerprint density at radius 3 is 2.28 bits per heavy atom. The van der Waals surface area contributed by atoms with Gasteiger partial charge in [-0.15, -0.1) is 0 Å². The van der Waals surface area contributed by atoms with E-state index >= 15 is 0 Å². The van der Waals surface area contributed by atoms with Gasteiger partial charge in [0.15, 0.2) is 6.61 Å². The molecule has 2 aromatic rings. The number of hydrogen-bond acceptors (Lipinski definition) is 4. The van der Waals surface area contributed by atoms with Crippen LogP contribution in [0.4, 0.5) is 5.69 Å². The van der Waals surface area contributed by atoms with Crippen LogP contribution < -0.4 is 15.4 Å². The molecule has 0 spiro atoms. The number of carbonyl (C=O) groups excluding carboxylic acids is 3. The second-order valence-corrected chi connectivity index (χ2v) is 6.90. The number of ether oxygens (including phenoxy) is 1. The van der Waals surface area contributed by atoms with Gasteiger partial charge in [-0.1, -0.05) is 18.2 Å². The average Bonchev–Trinajstić information content (AvgIpc) is 2.78. The Labute approximate surface area is 170 Å². The monoisotopic (exact) mass is 395 g/mol. The van der Waals surface area contributed by atoms with E-state index in [1.165, 1.54) is 0 Å². The number of para-hydroxylation sites is 1. The lowest BCUT2D eigenvalue weighted by Crippen LogP contribution is -2.43. The van der Waals surface area contributed by atoms with Crippen LogP contribution in [0.15, 0.2) is 54.6 Å². The van der Waals surface area contributed by atoms with Crippen molar-refractivity contribution in [3.05, 3.63) is 60.2 Å². The molecule has 0 atom stereocenters.